The van der Waals surface area contributed by atoms with Gasteiger partial charge in [-0.05, 0) is 19.3 Å². The molecule has 1 heterocycles. The van der Waals surface area contributed by atoms with E-state index < -0.39 is 28.2 Å². The fraction of sp³-hybridized carbons (Fsp3) is 0.833. The molecule has 3 N–H and O–H groups in total. The Balaban J connectivity index is 2.40. The highest BCUT2D eigenvalue weighted by Crippen LogP contribution is 2.20. The Morgan fingerprint density at radius 3 is 2.38 bits per heavy atom. The number of nitrogens with zero attached hydrogens (tertiary/aromatic N) is 1. The van der Waals surface area contributed by atoms with Crippen molar-refractivity contribution in [3.8, 4) is 0 Å². The van der Waals surface area contributed by atoms with E-state index in [1.165, 1.54) is 4.31 Å². The molecule has 0 aromatic rings. The number of nitrogens with one attached hydrogen (secondary N) is 1. The van der Waals surface area contributed by atoms with Gasteiger partial charge in [-0.2, -0.15) is 0 Å². The van der Waals surface area contributed by atoms with Crippen LogP contribution < -0.4 is 5.32 Å². The first kappa shape index (κ1) is 17.9. The Hall–Kier alpha value is -1.19. The Labute approximate surface area is 124 Å². The second kappa shape index (κ2) is 8.30. The lowest BCUT2D eigenvalue weighted by atomic mass is 9.97. The van der Waals surface area contributed by atoms with E-state index in [4.69, 9.17) is 10.2 Å². The Kier molecular flexibility index (Phi) is 7.06. The number of piperidine rings is 1. The lowest BCUT2D eigenvalue weighted by Gasteiger charge is -2.30. The molecule has 9 heteroatoms. The smallest absolute Gasteiger partial charge is 0.304 e. The first-order valence-corrected chi connectivity index (χ1v) is 8.56. The van der Waals surface area contributed by atoms with E-state index in [-0.39, 0.29) is 31.5 Å². The van der Waals surface area contributed by atoms with Crippen molar-refractivity contribution in [3.05, 3.63) is 0 Å². The molecule has 1 amide bonds. The minimum Gasteiger partial charge on any atom is -0.481 e. The summed E-state index contributed by atoms with van der Waals surface area (Å²) in [5.41, 5.74) is 0. The molecule has 8 nitrogen and oxygen atoms in total. The quantitative estimate of drug-likeness (QED) is 0.493. The summed E-state index contributed by atoms with van der Waals surface area (Å²) in [5, 5.41) is 19.9. The first-order valence-electron chi connectivity index (χ1n) is 6.95. The Morgan fingerprint density at radius 1 is 1.24 bits per heavy atom. The molecular weight excluding hydrogens is 300 g/mol. The topological polar surface area (TPSA) is 124 Å². The molecule has 0 aromatic heterocycles. The summed E-state index contributed by atoms with van der Waals surface area (Å²) in [6.45, 7) is 0.896. The van der Waals surface area contributed by atoms with Gasteiger partial charge < -0.3 is 15.5 Å². The highest BCUT2D eigenvalue weighted by atomic mass is 32.2. The van der Waals surface area contributed by atoms with E-state index in [0.29, 0.717) is 25.8 Å². The normalized spacial score (nSPS) is 17.6. The number of aliphatic hydroxyl groups is 1. The fourth-order valence-electron chi connectivity index (χ4n) is 2.18. The van der Waals surface area contributed by atoms with Crippen LogP contribution in [0.25, 0.3) is 0 Å². The van der Waals surface area contributed by atoms with Gasteiger partial charge in [-0.25, -0.2) is 12.7 Å². The van der Waals surface area contributed by atoms with Crippen LogP contribution in [-0.4, -0.2) is 66.8 Å². The van der Waals surface area contributed by atoms with Gasteiger partial charge in [0, 0.05) is 32.2 Å². The summed E-state index contributed by atoms with van der Waals surface area (Å²) in [6.07, 6.45) is 0.937. The predicted molar refractivity (Wildman–Crippen MR) is 75.0 cm³/mol. The van der Waals surface area contributed by atoms with E-state index >= 15 is 0 Å². The monoisotopic (exact) mass is 322 g/mol. The van der Waals surface area contributed by atoms with Crippen molar-refractivity contribution in [1.82, 2.24) is 9.62 Å². The summed E-state index contributed by atoms with van der Waals surface area (Å²) >= 11 is 0. The van der Waals surface area contributed by atoms with Crippen molar-refractivity contribution < 1.29 is 28.2 Å². The molecule has 1 rings (SSSR count). The van der Waals surface area contributed by atoms with Gasteiger partial charge in [0.1, 0.15) is 0 Å². The standard InChI is InChI=1S/C12H22N2O6S/c15-8-1-5-13-12(18)10-2-6-14(7-3-10)21(19,20)9-4-11(16)17/h10,15H,1-9H2,(H,13,18)(H,16,17). The van der Waals surface area contributed by atoms with Gasteiger partial charge in [-0.1, -0.05) is 0 Å². The van der Waals surface area contributed by atoms with Crippen LogP contribution in [0.3, 0.4) is 0 Å². The van der Waals surface area contributed by atoms with Gasteiger partial charge in [0.25, 0.3) is 0 Å². The number of amides is 1. The van der Waals surface area contributed by atoms with Crippen molar-refractivity contribution in [1.29, 1.82) is 0 Å². The van der Waals surface area contributed by atoms with Gasteiger partial charge in [0.15, 0.2) is 0 Å². The van der Waals surface area contributed by atoms with E-state index in [1.54, 1.807) is 0 Å². The minimum atomic E-state index is -3.56. The van der Waals surface area contributed by atoms with E-state index in [9.17, 15) is 18.0 Å². The van der Waals surface area contributed by atoms with Gasteiger partial charge in [0.2, 0.25) is 15.9 Å². The van der Waals surface area contributed by atoms with Crippen LogP contribution >= 0.6 is 0 Å². The molecule has 0 spiro atoms. The maximum Gasteiger partial charge on any atom is 0.304 e. The van der Waals surface area contributed by atoms with E-state index in [2.05, 4.69) is 5.32 Å². The highest BCUT2D eigenvalue weighted by molar-refractivity contribution is 7.89. The number of aliphatic carboxylic acids is 1. The number of rotatable bonds is 8. The zero-order valence-corrected chi connectivity index (χ0v) is 12.6. The van der Waals surface area contributed by atoms with Crippen LogP contribution in [0.15, 0.2) is 0 Å². The third-order valence-corrected chi connectivity index (χ3v) is 5.30. The molecule has 1 fully saturated rings. The third kappa shape index (κ3) is 5.98. The number of carbonyl (C=O) groups is 2. The zero-order chi connectivity index (χ0) is 15.9. The van der Waals surface area contributed by atoms with Crippen LogP contribution in [0.5, 0.6) is 0 Å². The van der Waals surface area contributed by atoms with Crippen molar-refractivity contribution >= 4 is 21.9 Å². The molecule has 0 atom stereocenters. The number of hydrogen-bond acceptors (Lipinski definition) is 5. The predicted octanol–water partition coefficient (Wildman–Crippen LogP) is -0.998. The molecule has 21 heavy (non-hydrogen) atoms. The summed E-state index contributed by atoms with van der Waals surface area (Å²) in [5.74, 6) is -1.90. The van der Waals surface area contributed by atoms with E-state index in [1.807, 2.05) is 0 Å². The number of hydrogen-bond donors (Lipinski definition) is 3. The van der Waals surface area contributed by atoms with Gasteiger partial charge in [-0.3, -0.25) is 9.59 Å². The van der Waals surface area contributed by atoms with Gasteiger partial charge >= 0.3 is 5.97 Å². The number of carboxylic acid groups (broad SMARTS) is 1. The van der Waals surface area contributed by atoms with Crippen LogP contribution in [0.4, 0.5) is 0 Å². The average Bonchev–Trinajstić information content (AvgIpc) is 2.45. The molecule has 0 saturated carbocycles. The first-order chi connectivity index (χ1) is 9.86. The van der Waals surface area contributed by atoms with Gasteiger partial charge in [0.05, 0.1) is 12.2 Å². The molecule has 0 bridgehead atoms. The largest absolute Gasteiger partial charge is 0.481 e. The van der Waals surface area contributed by atoms with Crippen LogP contribution in [0.1, 0.15) is 25.7 Å². The molecule has 0 aliphatic carbocycles. The molecule has 0 aromatic carbocycles. The average molecular weight is 322 g/mol. The summed E-state index contributed by atoms with van der Waals surface area (Å²) in [6, 6.07) is 0. The lowest BCUT2D eigenvalue weighted by Crippen LogP contribution is -2.44. The molecule has 1 saturated heterocycles. The number of sulfonamides is 1. The Bertz CT molecular complexity index is 456. The second-order valence-electron chi connectivity index (χ2n) is 5.00. The maximum atomic E-state index is 11.9. The third-order valence-electron chi connectivity index (χ3n) is 3.43. The number of carbonyl (C=O) groups excluding carboxylic acids is 1. The summed E-state index contributed by atoms with van der Waals surface area (Å²) in [4.78, 5) is 22.2. The number of aliphatic hydroxyl groups excluding tert-OH is 1. The van der Waals surface area contributed by atoms with Crippen LogP contribution in [-0.2, 0) is 19.6 Å². The summed E-state index contributed by atoms with van der Waals surface area (Å²) < 4.78 is 25.1. The highest BCUT2D eigenvalue weighted by Gasteiger charge is 2.31. The molecule has 0 radical (unpaired) electrons. The minimum absolute atomic E-state index is 0.0144. The zero-order valence-electron chi connectivity index (χ0n) is 11.8. The second-order valence-corrected chi connectivity index (χ2v) is 7.09. The lowest BCUT2D eigenvalue weighted by molar-refractivity contribution is -0.136. The summed E-state index contributed by atoms with van der Waals surface area (Å²) in [7, 11) is -3.56. The Morgan fingerprint density at radius 2 is 1.86 bits per heavy atom. The molecule has 0 unspecified atom stereocenters. The van der Waals surface area contributed by atoms with E-state index in [0.717, 1.165) is 0 Å². The van der Waals surface area contributed by atoms with Crippen molar-refractivity contribution in [2.24, 2.45) is 5.92 Å². The molecule has 1 aliphatic rings. The van der Waals surface area contributed by atoms with Crippen LogP contribution in [0.2, 0.25) is 0 Å². The molecule has 122 valence electrons. The van der Waals surface area contributed by atoms with Crippen molar-refractivity contribution in [2.75, 3.05) is 32.0 Å². The van der Waals surface area contributed by atoms with Crippen molar-refractivity contribution in [3.63, 3.8) is 0 Å². The van der Waals surface area contributed by atoms with Crippen molar-refractivity contribution in [2.45, 2.75) is 25.7 Å². The van der Waals surface area contributed by atoms with Crippen LogP contribution in [0, 0.1) is 5.92 Å². The maximum absolute atomic E-state index is 11.9. The number of carboxylic acids is 1. The molecule has 1 aliphatic heterocycles. The van der Waals surface area contributed by atoms with Gasteiger partial charge in [-0.15, -0.1) is 0 Å². The molecular formula is C12H22N2O6S. The SMILES string of the molecule is O=C(O)CCS(=O)(=O)N1CCC(C(=O)NCCCO)CC1. The fourth-order valence-corrected chi connectivity index (χ4v) is 3.63.